The van der Waals surface area contributed by atoms with Gasteiger partial charge in [-0.2, -0.15) is 4.31 Å². The molecule has 8 nitrogen and oxygen atoms in total. The molecule has 1 fully saturated rings. The smallest absolute Gasteiger partial charge is 0.244 e. The summed E-state index contributed by atoms with van der Waals surface area (Å²) in [5.74, 6) is -0.420. The molecule has 1 aromatic heterocycles. The van der Waals surface area contributed by atoms with Crippen LogP contribution in [0.2, 0.25) is 0 Å². The third-order valence-electron chi connectivity index (χ3n) is 4.08. The second-order valence-electron chi connectivity index (χ2n) is 6.17. The predicted molar refractivity (Wildman–Crippen MR) is 104 cm³/mol. The summed E-state index contributed by atoms with van der Waals surface area (Å²) in [5, 5.41) is 5.67. The Kier molecular flexibility index (Phi) is 8.52. The Morgan fingerprint density at radius 2 is 1.81 bits per heavy atom. The standard InChI is InChI=1S/C17H26N4O4S2/c1-2-18-15(22)12-19-16(23)13-26-17-8-7-14(11-20-17)27(24,25)21-9-5-3-4-6-10-21/h7-8,11H,2-6,9-10,12-13H2,1H3,(H,18,22)(H,19,23). The number of thioether (sulfide) groups is 1. The van der Waals surface area contributed by atoms with Crippen LogP contribution in [0.15, 0.2) is 28.3 Å². The molecule has 1 aliphatic heterocycles. The van der Waals surface area contributed by atoms with E-state index in [9.17, 15) is 18.0 Å². The SMILES string of the molecule is CCNC(=O)CNC(=O)CSc1ccc(S(=O)(=O)N2CCCCCC2)cn1. The zero-order valence-corrected chi connectivity index (χ0v) is 17.1. The van der Waals surface area contributed by atoms with Crippen LogP contribution in [0.1, 0.15) is 32.6 Å². The van der Waals surface area contributed by atoms with Gasteiger partial charge in [0.25, 0.3) is 0 Å². The lowest BCUT2D eigenvalue weighted by Crippen LogP contribution is -2.37. The Morgan fingerprint density at radius 1 is 1.11 bits per heavy atom. The molecule has 10 heteroatoms. The van der Waals surface area contributed by atoms with Crippen molar-refractivity contribution in [1.82, 2.24) is 19.9 Å². The van der Waals surface area contributed by atoms with Gasteiger partial charge in [0, 0.05) is 25.8 Å². The van der Waals surface area contributed by atoms with Gasteiger partial charge < -0.3 is 10.6 Å². The van der Waals surface area contributed by atoms with Gasteiger partial charge >= 0.3 is 0 Å². The number of likely N-dealkylation sites (N-methyl/N-ethyl adjacent to an activating group) is 1. The number of nitrogens with zero attached hydrogens (tertiary/aromatic N) is 2. The van der Waals surface area contributed by atoms with Crippen molar-refractivity contribution in [2.24, 2.45) is 0 Å². The molecule has 2 rings (SSSR count). The first-order valence-corrected chi connectivity index (χ1v) is 11.5. The number of rotatable bonds is 8. The number of carbonyl (C=O) groups excluding carboxylic acids is 2. The molecular weight excluding hydrogens is 388 g/mol. The van der Waals surface area contributed by atoms with E-state index in [1.165, 1.54) is 28.3 Å². The maximum Gasteiger partial charge on any atom is 0.244 e. The number of amides is 2. The van der Waals surface area contributed by atoms with Crippen molar-refractivity contribution in [1.29, 1.82) is 0 Å². The maximum absolute atomic E-state index is 12.7. The van der Waals surface area contributed by atoms with Gasteiger partial charge in [-0.15, -0.1) is 0 Å². The van der Waals surface area contributed by atoms with Gasteiger partial charge in [0.2, 0.25) is 21.8 Å². The summed E-state index contributed by atoms with van der Waals surface area (Å²) in [5.41, 5.74) is 0. The maximum atomic E-state index is 12.7. The van der Waals surface area contributed by atoms with Gasteiger partial charge in [-0.1, -0.05) is 24.6 Å². The lowest BCUT2D eigenvalue weighted by molar-refractivity contribution is -0.124. The highest BCUT2D eigenvalue weighted by Crippen LogP contribution is 2.22. The van der Waals surface area contributed by atoms with E-state index in [1.807, 2.05) is 0 Å². The Morgan fingerprint density at radius 3 is 2.41 bits per heavy atom. The third-order valence-corrected chi connectivity index (χ3v) is 6.91. The summed E-state index contributed by atoms with van der Waals surface area (Å²) in [7, 11) is -3.52. The molecule has 0 bridgehead atoms. The summed E-state index contributed by atoms with van der Waals surface area (Å²) in [4.78, 5) is 27.4. The van der Waals surface area contributed by atoms with Gasteiger partial charge in [0.15, 0.2) is 0 Å². The molecule has 0 radical (unpaired) electrons. The van der Waals surface area contributed by atoms with Crippen molar-refractivity contribution in [3.63, 3.8) is 0 Å². The monoisotopic (exact) mass is 414 g/mol. The minimum atomic E-state index is -3.52. The third kappa shape index (κ3) is 6.78. The molecule has 2 heterocycles. The van der Waals surface area contributed by atoms with Crippen molar-refractivity contribution < 1.29 is 18.0 Å². The lowest BCUT2D eigenvalue weighted by atomic mass is 10.2. The normalized spacial score (nSPS) is 15.7. The number of carbonyl (C=O) groups is 2. The minimum Gasteiger partial charge on any atom is -0.355 e. The fraction of sp³-hybridized carbons (Fsp3) is 0.588. The predicted octanol–water partition coefficient (Wildman–Crippen LogP) is 0.991. The zero-order chi connectivity index (χ0) is 19.7. The second kappa shape index (κ2) is 10.6. The summed E-state index contributed by atoms with van der Waals surface area (Å²) in [6.07, 6.45) is 5.22. The largest absolute Gasteiger partial charge is 0.355 e. The first-order valence-electron chi connectivity index (χ1n) is 9.06. The van der Waals surface area contributed by atoms with Gasteiger partial charge in [0.05, 0.1) is 17.3 Å². The van der Waals surface area contributed by atoms with E-state index in [0.717, 1.165) is 25.7 Å². The van der Waals surface area contributed by atoms with Crippen molar-refractivity contribution in [2.45, 2.75) is 42.5 Å². The van der Waals surface area contributed by atoms with Crippen LogP contribution in [0.25, 0.3) is 0 Å². The van der Waals surface area contributed by atoms with Crippen LogP contribution in [-0.4, -0.2) is 61.5 Å². The van der Waals surface area contributed by atoms with Gasteiger partial charge in [-0.3, -0.25) is 9.59 Å². The molecule has 0 aliphatic carbocycles. The van der Waals surface area contributed by atoms with Crippen molar-refractivity contribution in [2.75, 3.05) is 31.9 Å². The number of aromatic nitrogens is 1. The van der Waals surface area contributed by atoms with E-state index in [2.05, 4.69) is 15.6 Å². The molecule has 0 atom stereocenters. The van der Waals surface area contributed by atoms with Gasteiger partial charge in [-0.05, 0) is 31.9 Å². The molecule has 0 aromatic carbocycles. The highest BCUT2D eigenvalue weighted by molar-refractivity contribution is 7.99. The summed E-state index contributed by atoms with van der Waals surface area (Å²) in [6.45, 7) is 3.35. The molecule has 2 N–H and O–H groups in total. The van der Waals surface area contributed by atoms with Gasteiger partial charge in [-0.25, -0.2) is 13.4 Å². The van der Waals surface area contributed by atoms with Crippen LogP contribution >= 0.6 is 11.8 Å². The Bertz CT molecular complexity index is 730. The average Bonchev–Trinajstić information content (AvgIpc) is 2.95. The number of hydrogen-bond donors (Lipinski definition) is 2. The van der Waals surface area contributed by atoms with E-state index in [0.29, 0.717) is 24.7 Å². The average molecular weight is 415 g/mol. The van der Waals surface area contributed by atoms with E-state index < -0.39 is 10.0 Å². The van der Waals surface area contributed by atoms with E-state index in [-0.39, 0.29) is 29.0 Å². The fourth-order valence-electron chi connectivity index (χ4n) is 2.66. The van der Waals surface area contributed by atoms with Crippen LogP contribution in [0.3, 0.4) is 0 Å². The minimum absolute atomic E-state index is 0.0618. The number of sulfonamides is 1. The highest BCUT2D eigenvalue weighted by atomic mass is 32.2. The first kappa shape index (κ1) is 21.6. The van der Waals surface area contributed by atoms with Crippen LogP contribution in [0.4, 0.5) is 0 Å². The van der Waals surface area contributed by atoms with Crippen LogP contribution in [0.5, 0.6) is 0 Å². The topological polar surface area (TPSA) is 108 Å². The number of hydrogen-bond acceptors (Lipinski definition) is 6. The van der Waals surface area contributed by atoms with E-state index in [1.54, 1.807) is 13.0 Å². The van der Waals surface area contributed by atoms with Crippen molar-refractivity contribution >= 4 is 33.6 Å². The Balaban J connectivity index is 1.87. The molecule has 150 valence electrons. The molecule has 0 saturated carbocycles. The summed E-state index contributed by atoms with van der Waals surface area (Å²) >= 11 is 1.19. The fourth-order valence-corrected chi connectivity index (χ4v) is 4.80. The quantitative estimate of drug-likeness (QED) is 0.614. The Labute approximate surface area is 164 Å². The number of nitrogens with one attached hydrogen (secondary N) is 2. The molecule has 2 amide bonds. The molecular formula is C17H26N4O4S2. The molecule has 1 aromatic rings. The van der Waals surface area contributed by atoms with Crippen LogP contribution < -0.4 is 10.6 Å². The van der Waals surface area contributed by atoms with Crippen molar-refractivity contribution in [3.8, 4) is 0 Å². The molecule has 0 unspecified atom stereocenters. The second-order valence-corrected chi connectivity index (χ2v) is 9.10. The Hall–Kier alpha value is -1.65. The molecule has 27 heavy (non-hydrogen) atoms. The molecule has 1 saturated heterocycles. The van der Waals surface area contributed by atoms with E-state index >= 15 is 0 Å². The summed E-state index contributed by atoms with van der Waals surface area (Å²) < 4.78 is 26.9. The van der Waals surface area contributed by atoms with Crippen LogP contribution in [-0.2, 0) is 19.6 Å². The van der Waals surface area contributed by atoms with Gasteiger partial charge in [0.1, 0.15) is 4.90 Å². The highest BCUT2D eigenvalue weighted by Gasteiger charge is 2.25. The van der Waals surface area contributed by atoms with E-state index in [4.69, 9.17) is 0 Å². The number of pyridine rings is 1. The van der Waals surface area contributed by atoms with Crippen LogP contribution in [0, 0.1) is 0 Å². The first-order chi connectivity index (χ1) is 12.9. The summed E-state index contributed by atoms with van der Waals surface area (Å²) in [6, 6.07) is 3.13. The molecule has 1 aliphatic rings. The molecule has 0 spiro atoms. The lowest BCUT2D eigenvalue weighted by Gasteiger charge is -2.19. The zero-order valence-electron chi connectivity index (χ0n) is 15.4. The van der Waals surface area contributed by atoms with Crippen molar-refractivity contribution in [3.05, 3.63) is 18.3 Å².